The summed E-state index contributed by atoms with van der Waals surface area (Å²) in [6.45, 7) is 9.26. The molecule has 0 bridgehead atoms. The van der Waals surface area contributed by atoms with Gasteiger partial charge in [-0.2, -0.15) is 5.26 Å². The first-order valence-electron chi connectivity index (χ1n) is 4.80. The van der Waals surface area contributed by atoms with Crippen molar-refractivity contribution in [2.24, 2.45) is 0 Å². The fourth-order valence-electron chi connectivity index (χ4n) is 1.30. The van der Waals surface area contributed by atoms with Crippen molar-refractivity contribution < 1.29 is 0 Å². The van der Waals surface area contributed by atoms with E-state index in [0.717, 1.165) is 12.8 Å². The van der Waals surface area contributed by atoms with E-state index >= 15 is 0 Å². The molecule has 0 amide bonds. The first-order valence-corrected chi connectivity index (χ1v) is 4.80. The molecule has 0 aromatic heterocycles. The van der Waals surface area contributed by atoms with Crippen LogP contribution in [-0.2, 0) is 0 Å². The average molecular weight is 168 g/mol. The lowest BCUT2D eigenvalue weighted by Crippen LogP contribution is -2.39. The van der Waals surface area contributed by atoms with Gasteiger partial charge in [0.1, 0.15) is 0 Å². The van der Waals surface area contributed by atoms with Crippen LogP contribution in [0.5, 0.6) is 0 Å². The fourth-order valence-corrected chi connectivity index (χ4v) is 1.30. The Morgan fingerprint density at radius 3 is 1.83 bits per heavy atom. The molecule has 0 aliphatic heterocycles. The van der Waals surface area contributed by atoms with Gasteiger partial charge in [-0.05, 0) is 26.7 Å². The van der Waals surface area contributed by atoms with E-state index in [1.807, 2.05) is 0 Å². The second-order valence-electron chi connectivity index (χ2n) is 3.34. The molecular formula is C10H20N2. The van der Waals surface area contributed by atoms with Crippen LogP contribution in [0.4, 0.5) is 0 Å². The SMILES string of the molecule is CCC(C)N(CC#N)C(C)CC. The summed E-state index contributed by atoms with van der Waals surface area (Å²) in [5.41, 5.74) is 0. The highest BCUT2D eigenvalue weighted by molar-refractivity contribution is 4.82. The Morgan fingerprint density at radius 2 is 1.58 bits per heavy atom. The van der Waals surface area contributed by atoms with Crippen LogP contribution in [0.25, 0.3) is 0 Å². The minimum atomic E-state index is 0.527. The van der Waals surface area contributed by atoms with Gasteiger partial charge in [0.05, 0.1) is 12.6 Å². The molecular weight excluding hydrogens is 148 g/mol. The topological polar surface area (TPSA) is 27.0 Å². The van der Waals surface area contributed by atoms with Crippen molar-refractivity contribution in [3.8, 4) is 6.07 Å². The molecule has 0 aliphatic rings. The molecule has 0 aromatic rings. The third kappa shape index (κ3) is 3.23. The Bertz CT molecular complexity index is 138. The van der Waals surface area contributed by atoms with E-state index in [1.165, 1.54) is 0 Å². The number of hydrogen-bond donors (Lipinski definition) is 0. The van der Waals surface area contributed by atoms with E-state index in [2.05, 4.69) is 38.7 Å². The lowest BCUT2D eigenvalue weighted by molar-refractivity contribution is 0.167. The minimum Gasteiger partial charge on any atom is -0.285 e. The Kier molecular flexibility index (Phi) is 5.74. The third-order valence-corrected chi connectivity index (χ3v) is 2.57. The maximum atomic E-state index is 8.63. The van der Waals surface area contributed by atoms with Gasteiger partial charge in [-0.15, -0.1) is 0 Å². The van der Waals surface area contributed by atoms with E-state index < -0.39 is 0 Å². The number of hydrogen-bond acceptors (Lipinski definition) is 2. The van der Waals surface area contributed by atoms with E-state index in [1.54, 1.807) is 0 Å². The van der Waals surface area contributed by atoms with E-state index in [-0.39, 0.29) is 0 Å². The zero-order chi connectivity index (χ0) is 9.56. The number of nitriles is 1. The summed E-state index contributed by atoms with van der Waals surface area (Å²) < 4.78 is 0. The molecule has 0 saturated heterocycles. The van der Waals surface area contributed by atoms with Crippen molar-refractivity contribution in [1.29, 1.82) is 5.26 Å². The molecule has 2 atom stereocenters. The van der Waals surface area contributed by atoms with Crippen molar-refractivity contribution in [3.63, 3.8) is 0 Å². The Balaban J connectivity index is 4.12. The zero-order valence-corrected chi connectivity index (χ0v) is 8.67. The molecule has 0 rings (SSSR count). The second kappa shape index (κ2) is 6.02. The molecule has 0 fully saturated rings. The van der Waals surface area contributed by atoms with Crippen molar-refractivity contribution in [1.82, 2.24) is 4.90 Å². The van der Waals surface area contributed by atoms with Gasteiger partial charge in [-0.25, -0.2) is 0 Å². The monoisotopic (exact) mass is 168 g/mol. The smallest absolute Gasteiger partial charge is 0.0870 e. The van der Waals surface area contributed by atoms with E-state index in [0.29, 0.717) is 18.6 Å². The van der Waals surface area contributed by atoms with Crippen LogP contribution in [0, 0.1) is 11.3 Å². The lowest BCUT2D eigenvalue weighted by Gasteiger charge is -2.31. The molecule has 2 unspecified atom stereocenters. The zero-order valence-electron chi connectivity index (χ0n) is 8.67. The number of nitrogens with zero attached hydrogens (tertiary/aromatic N) is 2. The van der Waals surface area contributed by atoms with Gasteiger partial charge in [0, 0.05) is 12.1 Å². The molecule has 0 aromatic carbocycles. The summed E-state index contributed by atoms with van der Waals surface area (Å²) in [5.74, 6) is 0. The van der Waals surface area contributed by atoms with Crippen molar-refractivity contribution in [3.05, 3.63) is 0 Å². The summed E-state index contributed by atoms with van der Waals surface area (Å²) in [5, 5.41) is 8.63. The molecule has 2 heteroatoms. The highest BCUT2D eigenvalue weighted by Crippen LogP contribution is 2.10. The first-order chi connectivity index (χ1) is 5.67. The summed E-state index contributed by atoms with van der Waals surface area (Å²) in [6.07, 6.45) is 2.23. The fraction of sp³-hybridized carbons (Fsp3) is 0.900. The van der Waals surface area contributed by atoms with Crippen LogP contribution >= 0.6 is 0 Å². The van der Waals surface area contributed by atoms with Crippen molar-refractivity contribution in [2.45, 2.75) is 52.6 Å². The molecule has 0 spiro atoms. The highest BCUT2D eigenvalue weighted by atomic mass is 15.2. The van der Waals surface area contributed by atoms with Crippen LogP contribution < -0.4 is 0 Å². The van der Waals surface area contributed by atoms with Gasteiger partial charge < -0.3 is 0 Å². The van der Waals surface area contributed by atoms with Gasteiger partial charge in [0.25, 0.3) is 0 Å². The summed E-state index contributed by atoms with van der Waals surface area (Å²) in [7, 11) is 0. The van der Waals surface area contributed by atoms with Crippen molar-refractivity contribution >= 4 is 0 Å². The van der Waals surface area contributed by atoms with Crippen LogP contribution in [-0.4, -0.2) is 23.5 Å². The predicted molar refractivity (Wildman–Crippen MR) is 51.8 cm³/mol. The summed E-state index contributed by atoms with van der Waals surface area (Å²) >= 11 is 0. The lowest BCUT2D eigenvalue weighted by atomic mass is 10.1. The molecule has 0 N–H and O–H groups in total. The normalized spacial score (nSPS) is 15.7. The van der Waals surface area contributed by atoms with E-state index in [4.69, 9.17) is 5.26 Å². The molecule has 0 saturated carbocycles. The molecule has 12 heavy (non-hydrogen) atoms. The maximum absolute atomic E-state index is 8.63. The van der Waals surface area contributed by atoms with Gasteiger partial charge >= 0.3 is 0 Å². The standard InChI is InChI=1S/C10H20N2/c1-5-9(3)12(8-7-11)10(4)6-2/h9-10H,5-6,8H2,1-4H3. The predicted octanol–water partition coefficient (Wildman–Crippen LogP) is 2.41. The summed E-state index contributed by atoms with van der Waals surface area (Å²) in [6, 6.07) is 3.28. The van der Waals surface area contributed by atoms with E-state index in [9.17, 15) is 0 Å². The van der Waals surface area contributed by atoms with Crippen LogP contribution in [0.15, 0.2) is 0 Å². The highest BCUT2D eigenvalue weighted by Gasteiger charge is 2.16. The van der Waals surface area contributed by atoms with Gasteiger partial charge in [0.2, 0.25) is 0 Å². The molecule has 0 heterocycles. The first kappa shape index (κ1) is 11.4. The Hall–Kier alpha value is -0.550. The molecule has 0 aliphatic carbocycles. The maximum Gasteiger partial charge on any atom is 0.0870 e. The van der Waals surface area contributed by atoms with Crippen molar-refractivity contribution in [2.75, 3.05) is 6.54 Å². The third-order valence-electron chi connectivity index (χ3n) is 2.57. The quantitative estimate of drug-likeness (QED) is 0.589. The Labute approximate surface area is 76.2 Å². The molecule has 70 valence electrons. The average Bonchev–Trinajstić information content (AvgIpc) is 2.11. The second-order valence-corrected chi connectivity index (χ2v) is 3.34. The van der Waals surface area contributed by atoms with Crippen LogP contribution in [0.3, 0.4) is 0 Å². The summed E-state index contributed by atoms with van der Waals surface area (Å²) in [4.78, 5) is 2.26. The van der Waals surface area contributed by atoms with Gasteiger partial charge in [0.15, 0.2) is 0 Å². The van der Waals surface area contributed by atoms with Gasteiger partial charge in [-0.3, -0.25) is 4.90 Å². The molecule has 0 radical (unpaired) electrons. The van der Waals surface area contributed by atoms with Crippen LogP contribution in [0.1, 0.15) is 40.5 Å². The largest absolute Gasteiger partial charge is 0.285 e. The van der Waals surface area contributed by atoms with Crippen LogP contribution in [0.2, 0.25) is 0 Å². The van der Waals surface area contributed by atoms with Gasteiger partial charge in [-0.1, -0.05) is 13.8 Å². The molecule has 2 nitrogen and oxygen atoms in total. The number of rotatable bonds is 5. The Morgan fingerprint density at radius 1 is 1.17 bits per heavy atom. The minimum absolute atomic E-state index is 0.527.